The summed E-state index contributed by atoms with van der Waals surface area (Å²) in [4.78, 5) is 14.5. The Labute approximate surface area is 98.9 Å². The van der Waals surface area contributed by atoms with E-state index in [0.717, 1.165) is 10.1 Å². The first-order valence-electron chi connectivity index (χ1n) is 4.12. The van der Waals surface area contributed by atoms with Gasteiger partial charge >= 0.3 is 0 Å². The summed E-state index contributed by atoms with van der Waals surface area (Å²) in [5, 5.41) is 0.570. The van der Waals surface area contributed by atoms with Crippen LogP contribution in [-0.4, -0.2) is 11.3 Å². The van der Waals surface area contributed by atoms with Crippen molar-refractivity contribution >= 4 is 33.6 Å². The van der Waals surface area contributed by atoms with Crippen molar-refractivity contribution in [3.63, 3.8) is 0 Å². The molecule has 0 fully saturated rings. The van der Waals surface area contributed by atoms with Gasteiger partial charge in [-0.1, -0.05) is 11.3 Å². The number of hydrogen-bond acceptors (Lipinski definition) is 4. The fraction of sp³-hybridized carbons (Fsp3) is 0. The minimum Gasteiger partial charge on any atom is -0.431 e. The third-order valence-corrected chi connectivity index (χ3v) is 3.03. The Morgan fingerprint density at radius 2 is 2.07 bits per heavy atom. The van der Waals surface area contributed by atoms with Crippen LogP contribution in [0.15, 0.2) is 34.2 Å². The van der Waals surface area contributed by atoms with Crippen molar-refractivity contribution in [1.29, 1.82) is 0 Å². The Morgan fingerprint density at radius 3 is 2.60 bits per heavy atom. The maximum Gasteiger partial charge on any atom is 0.279 e. The molecule has 0 saturated heterocycles. The summed E-state index contributed by atoms with van der Waals surface area (Å²) in [6.45, 7) is 0. The molecule has 2 rings (SSSR count). The van der Waals surface area contributed by atoms with E-state index in [1.807, 2.05) is 0 Å². The Morgan fingerprint density at radius 1 is 1.33 bits per heavy atom. The van der Waals surface area contributed by atoms with Gasteiger partial charge in [-0.2, -0.15) is 0 Å². The quantitative estimate of drug-likeness (QED) is 0.810. The molecule has 0 aliphatic carbocycles. The number of hydrogen-bond donors (Lipinski definition) is 0. The largest absolute Gasteiger partial charge is 0.431 e. The Kier molecular flexibility index (Phi) is 3.13. The van der Waals surface area contributed by atoms with Crippen LogP contribution in [0.5, 0.6) is 10.9 Å². The average Bonchev–Trinajstić information content (AvgIpc) is 2.65. The molecule has 0 amide bonds. The second kappa shape index (κ2) is 4.55. The maximum atomic E-state index is 10.4. The van der Waals surface area contributed by atoms with Gasteiger partial charge in [0, 0.05) is 5.56 Å². The first-order valence-corrected chi connectivity index (χ1v) is 5.73. The van der Waals surface area contributed by atoms with Crippen molar-refractivity contribution < 1.29 is 9.53 Å². The molecule has 15 heavy (non-hydrogen) atoms. The third kappa shape index (κ3) is 2.64. The zero-order valence-electron chi connectivity index (χ0n) is 7.51. The van der Waals surface area contributed by atoms with Gasteiger partial charge in [0.25, 0.3) is 5.19 Å². The van der Waals surface area contributed by atoms with Crippen LogP contribution in [0.2, 0.25) is 0 Å². The van der Waals surface area contributed by atoms with Gasteiger partial charge in [-0.25, -0.2) is 4.98 Å². The number of carbonyl (C=O) groups is 1. The Balaban J connectivity index is 2.14. The molecule has 1 heterocycles. The van der Waals surface area contributed by atoms with Gasteiger partial charge in [-0.05, 0) is 40.2 Å². The highest BCUT2D eigenvalue weighted by Crippen LogP contribution is 2.29. The van der Waals surface area contributed by atoms with Gasteiger partial charge in [-0.15, -0.1) is 0 Å². The van der Waals surface area contributed by atoms with Crippen molar-refractivity contribution in [1.82, 2.24) is 4.98 Å². The number of ether oxygens (including phenoxy) is 1. The van der Waals surface area contributed by atoms with E-state index in [9.17, 15) is 4.79 Å². The molecule has 0 radical (unpaired) electrons. The molecule has 0 N–H and O–H groups in total. The molecule has 76 valence electrons. The Bertz CT molecular complexity index is 467. The van der Waals surface area contributed by atoms with Crippen LogP contribution < -0.4 is 4.74 Å². The summed E-state index contributed by atoms with van der Waals surface area (Å²) in [5.41, 5.74) is 0.627. The summed E-state index contributed by atoms with van der Waals surface area (Å²) >= 11 is 4.70. The lowest BCUT2D eigenvalue weighted by Gasteiger charge is -2.00. The standard InChI is InChI=1S/C10H6BrNO2S/c11-9-5-12-10(15-9)14-8-3-1-7(6-13)2-4-8/h1-6H. The molecule has 0 unspecified atom stereocenters. The molecule has 0 aliphatic rings. The van der Waals surface area contributed by atoms with E-state index in [-0.39, 0.29) is 0 Å². The zero-order valence-corrected chi connectivity index (χ0v) is 9.92. The van der Waals surface area contributed by atoms with Crippen LogP contribution >= 0.6 is 27.3 Å². The van der Waals surface area contributed by atoms with E-state index in [4.69, 9.17) is 4.74 Å². The normalized spacial score (nSPS) is 9.93. The summed E-state index contributed by atoms with van der Waals surface area (Å²) in [6, 6.07) is 6.87. The monoisotopic (exact) mass is 283 g/mol. The highest BCUT2D eigenvalue weighted by Gasteiger charge is 2.02. The average molecular weight is 284 g/mol. The first-order chi connectivity index (χ1) is 7.28. The number of benzene rings is 1. The lowest BCUT2D eigenvalue weighted by Crippen LogP contribution is -1.83. The topological polar surface area (TPSA) is 39.2 Å². The molecule has 0 aliphatic heterocycles. The lowest BCUT2D eigenvalue weighted by atomic mass is 10.2. The van der Waals surface area contributed by atoms with E-state index < -0.39 is 0 Å². The molecule has 2 aromatic rings. The SMILES string of the molecule is O=Cc1ccc(Oc2ncc(Br)s2)cc1. The van der Waals surface area contributed by atoms with Crippen molar-refractivity contribution in [2.45, 2.75) is 0 Å². The lowest BCUT2D eigenvalue weighted by molar-refractivity contribution is 0.112. The fourth-order valence-electron chi connectivity index (χ4n) is 1.00. The number of nitrogens with zero attached hydrogens (tertiary/aromatic N) is 1. The fourth-order valence-corrected chi connectivity index (χ4v) is 2.04. The summed E-state index contributed by atoms with van der Waals surface area (Å²) in [6.07, 6.45) is 2.48. The molecule has 0 bridgehead atoms. The van der Waals surface area contributed by atoms with Gasteiger partial charge in [0.1, 0.15) is 12.0 Å². The van der Waals surface area contributed by atoms with Crippen LogP contribution in [0.3, 0.4) is 0 Å². The van der Waals surface area contributed by atoms with Gasteiger partial charge < -0.3 is 4.74 Å². The molecule has 1 aromatic carbocycles. The Hall–Kier alpha value is -1.20. The second-order valence-corrected chi connectivity index (χ2v) is 5.09. The molecule has 0 saturated carbocycles. The summed E-state index contributed by atoms with van der Waals surface area (Å²) < 4.78 is 6.38. The van der Waals surface area contributed by atoms with Crippen molar-refractivity contribution in [2.75, 3.05) is 0 Å². The highest BCUT2D eigenvalue weighted by molar-refractivity contribution is 9.11. The van der Waals surface area contributed by atoms with E-state index >= 15 is 0 Å². The van der Waals surface area contributed by atoms with Crippen LogP contribution in [-0.2, 0) is 0 Å². The highest BCUT2D eigenvalue weighted by atomic mass is 79.9. The molecule has 5 heteroatoms. The van der Waals surface area contributed by atoms with E-state index in [2.05, 4.69) is 20.9 Å². The van der Waals surface area contributed by atoms with Gasteiger partial charge in [0.2, 0.25) is 0 Å². The number of aldehydes is 1. The molecule has 0 spiro atoms. The summed E-state index contributed by atoms with van der Waals surface area (Å²) in [5.74, 6) is 0.669. The number of thiazole rings is 1. The number of carbonyl (C=O) groups excluding carboxylic acids is 1. The number of aromatic nitrogens is 1. The zero-order chi connectivity index (χ0) is 10.7. The van der Waals surface area contributed by atoms with Gasteiger partial charge in [0.15, 0.2) is 0 Å². The predicted octanol–water partition coefficient (Wildman–Crippen LogP) is 3.51. The molecule has 1 aromatic heterocycles. The third-order valence-electron chi connectivity index (χ3n) is 1.68. The minimum atomic E-state index is 0.570. The minimum absolute atomic E-state index is 0.570. The second-order valence-electron chi connectivity index (χ2n) is 2.72. The van der Waals surface area contributed by atoms with Crippen LogP contribution in [0.25, 0.3) is 0 Å². The van der Waals surface area contributed by atoms with Crippen molar-refractivity contribution in [3.05, 3.63) is 39.8 Å². The predicted molar refractivity (Wildman–Crippen MR) is 61.7 cm³/mol. The molecule has 3 nitrogen and oxygen atoms in total. The van der Waals surface area contributed by atoms with Crippen LogP contribution in [0.4, 0.5) is 0 Å². The van der Waals surface area contributed by atoms with E-state index in [0.29, 0.717) is 16.5 Å². The van der Waals surface area contributed by atoms with Gasteiger partial charge in [-0.3, -0.25) is 4.79 Å². The maximum absolute atomic E-state index is 10.4. The molecular weight excluding hydrogens is 278 g/mol. The van der Waals surface area contributed by atoms with Crippen molar-refractivity contribution in [3.8, 4) is 10.9 Å². The first kappa shape index (κ1) is 10.3. The molecular formula is C10H6BrNO2S. The molecule has 0 atom stereocenters. The summed E-state index contributed by atoms with van der Waals surface area (Å²) in [7, 11) is 0. The number of rotatable bonds is 3. The van der Waals surface area contributed by atoms with Crippen molar-refractivity contribution in [2.24, 2.45) is 0 Å². The van der Waals surface area contributed by atoms with Gasteiger partial charge in [0.05, 0.1) is 9.98 Å². The van der Waals surface area contributed by atoms with E-state index in [1.165, 1.54) is 11.3 Å². The smallest absolute Gasteiger partial charge is 0.279 e. The van der Waals surface area contributed by atoms with Crippen LogP contribution in [0.1, 0.15) is 10.4 Å². The number of halogens is 1. The van der Waals surface area contributed by atoms with E-state index in [1.54, 1.807) is 30.5 Å². The van der Waals surface area contributed by atoms with Crippen LogP contribution in [0, 0.1) is 0 Å².